The van der Waals surface area contributed by atoms with Crippen molar-refractivity contribution in [2.45, 2.75) is 34.5 Å². The van der Waals surface area contributed by atoms with E-state index in [0.717, 1.165) is 16.2 Å². The summed E-state index contributed by atoms with van der Waals surface area (Å²) in [5.74, 6) is -0.142. The van der Waals surface area contributed by atoms with Crippen molar-refractivity contribution in [2.75, 3.05) is 5.75 Å². The lowest BCUT2D eigenvalue weighted by molar-refractivity contribution is 0.0979. The zero-order valence-corrected chi connectivity index (χ0v) is 18.1. The molecule has 0 amide bonds. The van der Waals surface area contributed by atoms with Gasteiger partial charge in [0.1, 0.15) is 0 Å². The second-order valence-corrected chi connectivity index (χ2v) is 10.4. The van der Waals surface area contributed by atoms with Crippen LogP contribution in [0, 0.1) is 0 Å². The summed E-state index contributed by atoms with van der Waals surface area (Å²) in [5, 5.41) is 0. The van der Waals surface area contributed by atoms with Crippen molar-refractivity contribution in [1.82, 2.24) is 0 Å². The van der Waals surface area contributed by atoms with Crippen LogP contribution in [0.15, 0.2) is 81.4 Å². The lowest BCUT2D eigenvalue weighted by Crippen LogP contribution is -2.20. The maximum atomic E-state index is 12.9. The van der Waals surface area contributed by atoms with Crippen molar-refractivity contribution >= 4 is 33.2 Å². The Kier molecular flexibility index (Phi) is 5.62. The van der Waals surface area contributed by atoms with Gasteiger partial charge < -0.3 is 0 Å². The van der Waals surface area contributed by atoms with Gasteiger partial charge >= 0.3 is 0 Å². The van der Waals surface area contributed by atoms with Crippen LogP contribution in [-0.4, -0.2) is 25.7 Å². The van der Waals surface area contributed by atoms with Gasteiger partial charge in [0.15, 0.2) is 21.4 Å². The molecule has 0 heterocycles. The number of carbonyl (C=O) groups excluding carboxylic acids is 2. The topological polar surface area (TPSA) is 68.3 Å². The molecular formula is C24H20O4S2. The summed E-state index contributed by atoms with van der Waals surface area (Å²) in [6.07, 6.45) is 1.47. The minimum absolute atomic E-state index is 0.140. The average molecular weight is 437 g/mol. The van der Waals surface area contributed by atoms with Gasteiger partial charge in [-0.15, -0.1) is 0 Å². The SMILES string of the molecule is CCCCS(=O)(=O)c1ccc(Sc2ccc3c(c2)C(=O)c2ccccc2C3=O)cc1. The van der Waals surface area contributed by atoms with Crippen molar-refractivity contribution in [3.05, 3.63) is 89.0 Å². The average Bonchev–Trinajstić information content (AvgIpc) is 2.76. The fourth-order valence-electron chi connectivity index (χ4n) is 3.45. The van der Waals surface area contributed by atoms with Crippen molar-refractivity contribution < 1.29 is 18.0 Å². The Morgan fingerprint density at radius 3 is 1.93 bits per heavy atom. The Labute approximate surface area is 180 Å². The first kappa shape index (κ1) is 20.6. The summed E-state index contributed by atoms with van der Waals surface area (Å²) in [6.45, 7) is 1.96. The molecule has 0 aromatic heterocycles. The van der Waals surface area contributed by atoms with E-state index in [1.165, 1.54) is 11.8 Å². The predicted octanol–water partition coefficient (Wildman–Crippen LogP) is 5.19. The van der Waals surface area contributed by atoms with Gasteiger partial charge in [-0.3, -0.25) is 9.59 Å². The molecule has 0 radical (unpaired) electrons. The van der Waals surface area contributed by atoms with Gasteiger partial charge in [0.2, 0.25) is 0 Å². The fourth-order valence-corrected chi connectivity index (χ4v) is 5.76. The first-order valence-electron chi connectivity index (χ1n) is 9.74. The molecule has 152 valence electrons. The molecule has 6 heteroatoms. The van der Waals surface area contributed by atoms with Gasteiger partial charge in [0, 0.05) is 32.0 Å². The van der Waals surface area contributed by atoms with Crippen LogP contribution in [0.25, 0.3) is 0 Å². The molecule has 0 bridgehead atoms. The third-order valence-corrected chi connectivity index (χ3v) is 7.90. The van der Waals surface area contributed by atoms with Crippen LogP contribution in [0.3, 0.4) is 0 Å². The van der Waals surface area contributed by atoms with Gasteiger partial charge in [-0.1, -0.05) is 49.4 Å². The zero-order chi connectivity index (χ0) is 21.3. The highest BCUT2D eigenvalue weighted by Crippen LogP contribution is 2.34. The maximum Gasteiger partial charge on any atom is 0.194 e. The van der Waals surface area contributed by atoms with E-state index in [-0.39, 0.29) is 17.3 Å². The highest BCUT2D eigenvalue weighted by atomic mass is 32.2. The van der Waals surface area contributed by atoms with Crippen molar-refractivity contribution in [2.24, 2.45) is 0 Å². The van der Waals surface area contributed by atoms with Crippen molar-refractivity contribution in [3.63, 3.8) is 0 Å². The van der Waals surface area contributed by atoms with Gasteiger partial charge in [0.05, 0.1) is 10.6 Å². The summed E-state index contributed by atoms with van der Waals surface area (Å²) in [4.78, 5) is 27.6. The molecule has 0 fully saturated rings. The van der Waals surface area contributed by atoms with Crippen molar-refractivity contribution in [3.8, 4) is 0 Å². The summed E-state index contributed by atoms with van der Waals surface area (Å²) in [6, 6.07) is 18.9. The molecule has 0 N–H and O–H groups in total. The molecule has 3 aromatic carbocycles. The van der Waals surface area contributed by atoms with Crippen LogP contribution in [0.5, 0.6) is 0 Å². The number of carbonyl (C=O) groups is 2. The molecule has 3 aromatic rings. The van der Waals surface area contributed by atoms with E-state index >= 15 is 0 Å². The van der Waals surface area contributed by atoms with Crippen LogP contribution in [0.2, 0.25) is 0 Å². The first-order valence-corrected chi connectivity index (χ1v) is 12.2. The molecule has 0 aliphatic heterocycles. The summed E-state index contributed by atoms with van der Waals surface area (Å²) in [5.41, 5.74) is 1.69. The van der Waals surface area contributed by atoms with Crippen molar-refractivity contribution in [1.29, 1.82) is 0 Å². The summed E-state index contributed by atoms with van der Waals surface area (Å²) < 4.78 is 24.6. The quantitative estimate of drug-likeness (QED) is 0.416. The van der Waals surface area contributed by atoms with E-state index in [2.05, 4.69) is 0 Å². The molecule has 4 nitrogen and oxygen atoms in total. The van der Waals surface area contributed by atoms with E-state index in [1.54, 1.807) is 60.7 Å². The number of hydrogen-bond donors (Lipinski definition) is 0. The van der Waals surface area contributed by atoms with E-state index in [4.69, 9.17) is 0 Å². The van der Waals surface area contributed by atoms with Crippen LogP contribution >= 0.6 is 11.8 Å². The molecule has 1 aliphatic rings. The normalized spacial score (nSPS) is 13.1. The highest BCUT2D eigenvalue weighted by Gasteiger charge is 2.29. The predicted molar refractivity (Wildman–Crippen MR) is 117 cm³/mol. The lowest BCUT2D eigenvalue weighted by atomic mass is 9.84. The van der Waals surface area contributed by atoms with Crippen LogP contribution in [0.4, 0.5) is 0 Å². The molecule has 4 rings (SSSR count). The second kappa shape index (κ2) is 8.20. The molecular weight excluding hydrogens is 416 g/mol. The van der Waals surface area contributed by atoms with Gasteiger partial charge in [-0.25, -0.2) is 8.42 Å². The molecule has 0 saturated heterocycles. The Hall–Kier alpha value is -2.70. The van der Waals surface area contributed by atoms with E-state index in [1.807, 2.05) is 13.0 Å². The number of rotatable bonds is 6. The molecule has 0 spiro atoms. The Balaban J connectivity index is 1.59. The number of hydrogen-bond acceptors (Lipinski definition) is 5. The number of ketones is 2. The summed E-state index contributed by atoms with van der Waals surface area (Å²) >= 11 is 1.42. The van der Waals surface area contributed by atoms with Crippen LogP contribution in [-0.2, 0) is 9.84 Å². The molecule has 30 heavy (non-hydrogen) atoms. The minimum atomic E-state index is -3.26. The third-order valence-electron chi connectivity index (χ3n) is 5.08. The van der Waals surface area contributed by atoms with Gasteiger partial charge in [-0.05, 0) is 48.9 Å². The Morgan fingerprint density at radius 2 is 1.30 bits per heavy atom. The largest absolute Gasteiger partial charge is 0.289 e. The number of sulfone groups is 1. The minimum Gasteiger partial charge on any atom is -0.289 e. The smallest absolute Gasteiger partial charge is 0.194 e. The Morgan fingerprint density at radius 1 is 0.733 bits per heavy atom. The maximum absolute atomic E-state index is 12.9. The molecule has 0 saturated carbocycles. The fraction of sp³-hybridized carbons (Fsp3) is 0.167. The van der Waals surface area contributed by atoms with E-state index in [0.29, 0.717) is 33.6 Å². The third kappa shape index (κ3) is 3.85. The zero-order valence-electron chi connectivity index (χ0n) is 16.4. The van der Waals surface area contributed by atoms with Gasteiger partial charge in [0.25, 0.3) is 0 Å². The standard InChI is InChI=1S/C24H20O4S2/c1-2-3-14-30(27,28)18-11-8-16(9-12-18)29-17-10-13-21-22(15-17)24(26)20-7-5-4-6-19(20)23(21)25/h4-13,15H,2-3,14H2,1H3. The molecule has 1 aliphatic carbocycles. The Bertz CT molecular complexity index is 1240. The van der Waals surface area contributed by atoms with Gasteiger partial charge in [-0.2, -0.15) is 0 Å². The lowest BCUT2D eigenvalue weighted by Gasteiger charge is -2.18. The first-order chi connectivity index (χ1) is 14.4. The highest BCUT2D eigenvalue weighted by molar-refractivity contribution is 7.99. The van der Waals surface area contributed by atoms with Crippen LogP contribution in [0.1, 0.15) is 51.6 Å². The van der Waals surface area contributed by atoms with E-state index < -0.39 is 9.84 Å². The second-order valence-electron chi connectivity index (χ2n) is 7.16. The summed E-state index contributed by atoms with van der Waals surface area (Å²) in [7, 11) is -3.26. The number of fused-ring (bicyclic) bond motifs is 2. The molecule has 0 atom stereocenters. The monoisotopic (exact) mass is 436 g/mol. The number of unbranched alkanes of at least 4 members (excludes halogenated alkanes) is 1. The number of benzene rings is 3. The van der Waals surface area contributed by atoms with Crippen LogP contribution < -0.4 is 0 Å². The molecule has 0 unspecified atom stereocenters. The van der Waals surface area contributed by atoms with E-state index in [9.17, 15) is 18.0 Å².